The number of aliphatic imine (C=N–C) groups is 1. The Balaban J connectivity index is 0.00000280. The summed E-state index contributed by atoms with van der Waals surface area (Å²) in [4.78, 5) is 8.35. The van der Waals surface area contributed by atoms with Crippen LogP contribution >= 0.6 is 35.6 Å². The lowest BCUT2D eigenvalue weighted by atomic mass is 10.1. The van der Waals surface area contributed by atoms with Crippen molar-refractivity contribution < 1.29 is 9.47 Å². The number of aromatic nitrogens is 1. The molecule has 1 aromatic carbocycles. The van der Waals surface area contributed by atoms with Gasteiger partial charge < -0.3 is 20.1 Å². The first-order chi connectivity index (χ1) is 13.1. The second-order valence-electron chi connectivity index (χ2n) is 6.40. The summed E-state index contributed by atoms with van der Waals surface area (Å²) < 4.78 is 11.7. The standard InChI is InChI=1S/C20H25ClN4O2.HI/c1-4-26-17-8-15-7-13(2)27-18(15)9-16(17)12-25-20(22-3)24-11-14-5-6-19(21)23-10-14;/h5-6,8-10,13H,4,7,11-12H2,1-3H3,(H2,22,24,25);1H. The predicted octanol–water partition coefficient (Wildman–Crippen LogP) is 3.94. The van der Waals surface area contributed by atoms with Gasteiger partial charge in [-0.2, -0.15) is 0 Å². The SMILES string of the molecule is CCOc1cc2c(cc1CNC(=NC)NCc1ccc(Cl)nc1)OC(C)C2.I. The fraction of sp³-hybridized carbons (Fsp3) is 0.400. The fourth-order valence-corrected chi connectivity index (χ4v) is 3.12. The zero-order chi connectivity index (χ0) is 19.2. The Bertz CT molecular complexity index is 815. The van der Waals surface area contributed by atoms with E-state index >= 15 is 0 Å². The van der Waals surface area contributed by atoms with Crippen LogP contribution in [0.3, 0.4) is 0 Å². The van der Waals surface area contributed by atoms with Crippen molar-refractivity contribution in [2.24, 2.45) is 4.99 Å². The molecule has 152 valence electrons. The van der Waals surface area contributed by atoms with Crippen LogP contribution in [0.5, 0.6) is 11.5 Å². The van der Waals surface area contributed by atoms with E-state index in [1.54, 1.807) is 19.3 Å². The van der Waals surface area contributed by atoms with Crippen molar-refractivity contribution in [2.75, 3.05) is 13.7 Å². The van der Waals surface area contributed by atoms with E-state index in [4.69, 9.17) is 21.1 Å². The minimum atomic E-state index is 0. The van der Waals surface area contributed by atoms with Crippen LogP contribution in [0.2, 0.25) is 5.15 Å². The number of pyridine rings is 1. The molecule has 2 heterocycles. The zero-order valence-electron chi connectivity index (χ0n) is 16.3. The number of hydrogen-bond donors (Lipinski definition) is 2. The third-order valence-electron chi connectivity index (χ3n) is 4.30. The molecule has 0 aliphatic carbocycles. The maximum Gasteiger partial charge on any atom is 0.191 e. The van der Waals surface area contributed by atoms with Crippen molar-refractivity contribution in [1.29, 1.82) is 0 Å². The van der Waals surface area contributed by atoms with Gasteiger partial charge in [0.25, 0.3) is 0 Å². The average Bonchev–Trinajstić information content (AvgIpc) is 3.02. The number of rotatable bonds is 6. The molecule has 0 saturated carbocycles. The van der Waals surface area contributed by atoms with E-state index in [-0.39, 0.29) is 30.1 Å². The van der Waals surface area contributed by atoms with E-state index in [0.717, 1.165) is 29.0 Å². The number of hydrogen-bond acceptors (Lipinski definition) is 4. The van der Waals surface area contributed by atoms with Crippen molar-refractivity contribution in [3.63, 3.8) is 0 Å². The number of ether oxygens (including phenoxy) is 2. The summed E-state index contributed by atoms with van der Waals surface area (Å²) in [5.41, 5.74) is 3.27. The molecule has 8 heteroatoms. The first-order valence-corrected chi connectivity index (χ1v) is 9.47. The fourth-order valence-electron chi connectivity index (χ4n) is 3.01. The van der Waals surface area contributed by atoms with Gasteiger partial charge in [-0.3, -0.25) is 4.99 Å². The lowest BCUT2D eigenvalue weighted by molar-refractivity contribution is 0.254. The molecule has 6 nitrogen and oxygen atoms in total. The zero-order valence-corrected chi connectivity index (χ0v) is 19.4. The molecule has 0 radical (unpaired) electrons. The van der Waals surface area contributed by atoms with Gasteiger partial charge in [0, 0.05) is 43.9 Å². The molecule has 28 heavy (non-hydrogen) atoms. The lowest BCUT2D eigenvalue weighted by Crippen LogP contribution is -2.36. The molecule has 2 N–H and O–H groups in total. The quantitative estimate of drug-likeness (QED) is 0.263. The molecule has 3 rings (SSSR count). The molecule has 0 saturated heterocycles. The monoisotopic (exact) mass is 516 g/mol. The van der Waals surface area contributed by atoms with E-state index in [1.165, 1.54) is 5.56 Å². The van der Waals surface area contributed by atoms with E-state index in [2.05, 4.69) is 39.7 Å². The van der Waals surface area contributed by atoms with Gasteiger partial charge in [-0.1, -0.05) is 17.7 Å². The van der Waals surface area contributed by atoms with Gasteiger partial charge in [0.2, 0.25) is 0 Å². The van der Waals surface area contributed by atoms with Crippen LogP contribution in [0.4, 0.5) is 0 Å². The first kappa shape index (κ1) is 22.5. The van der Waals surface area contributed by atoms with Crippen molar-refractivity contribution in [3.8, 4) is 11.5 Å². The largest absolute Gasteiger partial charge is 0.494 e. The highest BCUT2D eigenvalue weighted by atomic mass is 127. The highest BCUT2D eigenvalue weighted by molar-refractivity contribution is 14.0. The van der Waals surface area contributed by atoms with Crippen LogP contribution in [-0.2, 0) is 19.5 Å². The summed E-state index contributed by atoms with van der Waals surface area (Å²) in [5.74, 6) is 2.53. The van der Waals surface area contributed by atoms with Gasteiger partial charge in [-0.25, -0.2) is 4.98 Å². The van der Waals surface area contributed by atoms with Crippen molar-refractivity contribution >= 4 is 41.5 Å². The van der Waals surface area contributed by atoms with Gasteiger partial charge in [-0.15, -0.1) is 24.0 Å². The van der Waals surface area contributed by atoms with Gasteiger partial charge in [0.15, 0.2) is 5.96 Å². The van der Waals surface area contributed by atoms with E-state index in [1.807, 2.05) is 13.0 Å². The third-order valence-corrected chi connectivity index (χ3v) is 4.52. The Morgan fingerprint density at radius 2 is 2.11 bits per heavy atom. The molecule has 0 spiro atoms. The number of halogens is 2. The number of benzene rings is 1. The van der Waals surface area contributed by atoms with Crippen LogP contribution in [0.15, 0.2) is 35.5 Å². The number of nitrogens with zero attached hydrogens (tertiary/aromatic N) is 2. The Kier molecular flexibility index (Phi) is 8.62. The van der Waals surface area contributed by atoms with Gasteiger partial charge in [0.1, 0.15) is 22.8 Å². The summed E-state index contributed by atoms with van der Waals surface area (Å²) in [5, 5.41) is 7.08. The Morgan fingerprint density at radius 3 is 2.79 bits per heavy atom. The number of nitrogens with one attached hydrogen (secondary N) is 2. The second kappa shape index (κ2) is 10.7. The summed E-state index contributed by atoms with van der Waals surface area (Å²) in [7, 11) is 1.74. The van der Waals surface area contributed by atoms with Crippen molar-refractivity contribution in [3.05, 3.63) is 52.3 Å². The van der Waals surface area contributed by atoms with Crippen LogP contribution in [0.1, 0.15) is 30.5 Å². The van der Waals surface area contributed by atoms with E-state index in [9.17, 15) is 0 Å². The molecule has 0 fully saturated rings. The molecule has 0 bridgehead atoms. The Labute approximate surface area is 188 Å². The van der Waals surface area contributed by atoms with Crippen LogP contribution in [-0.4, -0.2) is 30.7 Å². The van der Waals surface area contributed by atoms with Gasteiger partial charge in [0.05, 0.1) is 6.61 Å². The highest BCUT2D eigenvalue weighted by Crippen LogP contribution is 2.35. The maximum atomic E-state index is 5.88. The summed E-state index contributed by atoms with van der Waals surface area (Å²) in [6.45, 7) is 5.88. The van der Waals surface area contributed by atoms with Crippen molar-refractivity contribution in [1.82, 2.24) is 15.6 Å². The normalized spacial score (nSPS) is 15.3. The maximum absolute atomic E-state index is 5.88. The molecule has 0 amide bonds. The minimum absolute atomic E-state index is 0. The van der Waals surface area contributed by atoms with E-state index < -0.39 is 0 Å². The predicted molar refractivity (Wildman–Crippen MR) is 123 cm³/mol. The number of fused-ring (bicyclic) bond motifs is 1. The summed E-state index contributed by atoms with van der Waals surface area (Å²) in [6, 6.07) is 7.86. The molecule has 1 atom stereocenters. The van der Waals surface area contributed by atoms with Crippen LogP contribution < -0.4 is 20.1 Å². The molecular formula is C20H26ClIN4O2. The molecule has 1 unspecified atom stereocenters. The topological polar surface area (TPSA) is 67.8 Å². The molecular weight excluding hydrogens is 491 g/mol. The lowest BCUT2D eigenvalue weighted by Gasteiger charge is -2.15. The summed E-state index contributed by atoms with van der Waals surface area (Å²) in [6.07, 6.45) is 2.87. The Morgan fingerprint density at radius 1 is 1.32 bits per heavy atom. The third kappa shape index (κ3) is 5.88. The minimum Gasteiger partial charge on any atom is -0.494 e. The van der Waals surface area contributed by atoms with Gasteiger partial charge >= 0.3 is 0 Å². The Hall–Kier alpha value is -1.74. The molecule has 2 aromatic rings. The highest BCUT2D eigenvalue weighted by Gasteiger charge is 2.21. The first-order valence-electron chi connectivity index (χ1n) is 9.09. The van der Waals surface area contributed by atoms with Gasteiger partial charge in [-0.05, 0) is 37.6 Å². The average molecular weight is 517 g/mol. The van der Waals surface area contributed by atoms with Crippen LogP contribution in [0.25, 0.3) is 0 Å². The van der Waals surface area contributed by atoms with Crippen molar-refractivity contribution in [2.45, 2.75) is 39.5 Å². The van der Waals surface area contributed by atoms with Crippen LogP contribution in [0, 0.1) is 0 Å². The smallest absolute Gasteiger partial charge is 0.191 e. The molecule has 1 aliphatic heterocycles. The molecule has 1 aromatic heterocycles. The second-order valence-corrected chi connectivity index (χ2v) is 6.79. The molecule has 1 aliphatic rings. The van der Waals surface area contributed by atoms with E-state index in [0.29, 0.717) is 30.8 Å². The summed E-state index contributed by atoms with van der Waals surface area (Å²) >= 11 is 5.82. The number of guanidine groups is 1.